The molecule has 3 N–H and O–H groups in total. The molecule has 30 heavy (non-hydrogen) atoms. The van der Waals surface area contributed by atoms with Crippen LogP contribution >= 0.6 is 23.6 Å². The molecule has 2 amide bonds. The van der Waals surface area contributed by atoms with Crippen LogP contribution in [0, 0.1) is 0 Å². The summed E-state index contributed by atoms with van der Waals surface area (Å²) in [6.07, 6.45) is 4.28. The highest BCUT2D eigenvalue weighted by Crippen LogP contribution is 2.14. The molecule has 0 saturated heterocycles. The van der Waals surface area contributed by atoms with E-state index in [-0.39, 0.29) is 16.9 Å². The van der Waals surface area contributed by atoms with E-state index in [0.29, 0.717) is 24.2 Å². The van der Waals surface area contributed by atoms with E-state index in [4.69, 9.17) is 12.2 Å². The van der Waals surface area contributed by atoms with Crippen molar-refractivity contribution in [2.45, 2.75) is 12.8 Å². The zero-order valence-electron chi connectivity index (χ0n) is 16.1. The molecule has 0 spiro atoms. The van der Waals surface area contributed by atoms with E-state index < -0.39 is 0 Å². The highest BCUT2D eigenvalue weighted by molar-refractivity contribution is 7.80. The molecule has 0 radical (unpaired) electrons. The Balaban J connectivity index is 1.42. The van der Waals surface area contributed by atoms with Crippen LogP contribution in [0.4, 0.5) is 11.4 Å². The van der Waals surface area contributed by atoms with Gasteiger partial charge in [-0.3, -0.25) is 14.9 Å². The normalized spacial score (nSPS) is 10.5. The van der Waals surface area contributed by atoms with Crippen LogP contribution in [0.5, 0.6) is 0 Å². The van der Waals surface area contributed by atoms with Crippen molar-refractivity contribution in [3.63, 3.8) is 0 Å². The van der Waals surface area contributed by atoms with Gasteiger partial charge >= 0.3 is 0 Å². The maximum atomic E-state index is 12.1. The average Bonchev–Trinajstić information content (AvgIpc) is 3.27. The van der Waals surface area contributed by atoms with E-state index in [1.54, 1.807) is 41.7 Å². The van der Waals surface area contributed by atoms with Gasteiger partial charge in [-0.2, -0.15) is 0 Å². The van der Waals surface area contributed by atoms with E-state index in [2.05, 4.69) is 16.0 Å². The fourth-order valence-electron chi connectivity index (χ4n) is 2.62. The van der Waals surface area contributed by atoms with E-state index in [0.717, 1.165) is 10.4 Å². The highest BCUT2D eigenvalue weighted by Gasteiger charge is 2.05. The predicted molar refractivity (Wildman–Crippen MR) is 128 cm³/mol. The van der Waals surface area contributed by atoms with Gasteiger partial charge in [0.2, 0.25) is 11.8 Å². The first-order valence-electron chi connectivity index (χ1n) is 9.36. The number of hydrogen-bond acceptors (Lipinski definition) is 4. The topological polar surface area (TPSA) is 70.2 Å². The molecule has 0 unspecified atom stereocenters. The van der Waals surface area contributed by atoms with Crippen LogP contribution in [0.3, 0.4) is 0 Å². The Kier molecular flexibility index (Phi) is 7.88. The second kappa shape index (κ2) is 11.0. The molecule has 2 aromatic carbocycles. The smallest absolute Gasteiger partial charge is 0.250 e. The third-order valence-corrected chi connectivity index (χ3v) is 5.13. The van der Waals surface area contributed by atoms with Gasteiger partial charge in [0.25, 0.3) is 0 Å². The van der Waals surface area contributed by atoms with E-state index in [1.807, 2.05) is 47.8 Å². The summed E-state index contributed by atoms with van der Waals surface area (Å²) in [6.45, 7) is 0. The van der Waals surface area contributed by atoms with Gasteiger partial charge in [-0.25, -0.2) is 0 Å². The number of thiocarbonyl (C=S) groups is 1. The summed E-state index contributed by atoms with van der Waals surface area (Å²) in [4.78, 5) is 25.0. The van der Waals surface area contributed by atoms with E-state index in [9.17, 15) is 9.59 Å². The van der Waals surface area contributed by atoms with Crippen molar-refractivity contribution >= 4 is 57.9 Å². The lowest BCUT2D eigenvalue weighted by Crippen LogP contribution is -2.32. The molecule has 3 aromatic rings. The third-order valence-electron chi connectivity index (χ3n) is 4.09. The quantitative estimate of drug-likeness (QED) is 0.367. The van der Waals surface area contributed by atoms with Crippen LogP contribution in [0.2, 0.25) is 0 Å². The fraction of sp³-hybridized carbons (Fsp3) is 0.0870. The van der Waals surface area contributed by atoms with Gasteiger partial charge in [-0.15, -0.1) is 11.3 Å². The van der Waals surface area contributed by atoms with Crippen LogP contribution in [-0.4, -0.2) is 16.9 Å². The third kappa shape index (κ3) is 7.27. The number of rotatable bonds is 7. The molecular formula is C23H21N3O2S2. The molecule has 0 bridgehead atoms. The van der Waals surface area contributed by atoms with Crippen molar-refractivity contribution < 1.29 is 9.59 Å². The van der Waals surface area contributed by atoms with Crippen molar-refractivity contribution in [1.29, 1.82) is 0 Å². The Labute approximate surface area is 184 Å². The zero-order valence-corrected chi connectivity index (χ0v) is 17.8. The van der Waals surface area contributed by atoms with Gasteiger partial charge in [0.15, 0.2) is 5.11 Å². The second-order valence-electron chi connectivity index (χ2n) is 6.40. The minimum Gasteiger partial charge on any atom is -0.332 e. The van der Waals surface area contributed by atoms with Crippen molar-refractivity contribution in [1.82, 2.24) is 5.32 Å². The van der Waals surface area contributed by atoms with E-state index in [1.165, 1.54) is 6.08 Å². The van der Waals surface area contributed by atoms with Crippen molar-refractivity contribution in [2.24, 2.45) is 0 Å². The highest BCUT2D eigenvalue weighted by atomic mass is 32.1. The van der Waals surface area contributed by atoms with Crippen molar-refractivity contribution in [3.8, 4) is 0 Å². The predicted octanol–water partition coefficient (Wildman–Crippen LogP) is 4.85. The van der Waals surface area contributed by atoms with Gasteiger partial charge in [-0.1, -0.05) is 36.4 Å². The molecule has 0 aliphatic carbocycles. The molecular weight excluding hydrogens is 414 g/mol. The maximum Gasteiger partial charge on any atom is 0.250 e. The fourth-order valence-corrected chi connectivity index (χ4v) is 3.46. The first-order valence-corrected chi connectivity index (χ1v) is 10.6. The summed E-state index contributed by atoms with van der Waals surface area (Å²) in [5.74, 6) is -0.344. The molecule has 3 rings (SSSR count). The van der Waals surface area contributed by atoms with Crippen LogP contribution < -0.4 is 16.0 Å². The molecule has 5 nitrogen and oxygen atoms in total. The lowest BCUT2D eigenvalue weighted by Gasteiger charge is -2.10. The van der Waals surface area contributed by atoms with Gasteiger partial charge in [-0.05, 0) is 66.0 Å². The summed E-state index contributed by atoms with van der Waals surface area (Å²) in [6, 6.07) is 20.9. The Morgan fingerprint density at radius 1 is 0.900 bits per heavy atom. The lowest BCUT2D eigenvalue weighted by molar-refractivity contribution is -0.116. The summed E-state index contributed by atoms with van der Waals surface area (Å²) < 4.78 is 0. The zero-order chi connectivity index (χ0) is 21.2. The molecule has 0 saturated carbocycles. The number of anilines is 2. The number of amides is 2. The maximum absolute atomic E-state index is 12.1. The average molecular weight is 436 g/mol. The Bertz CT molecular complexity index is 1010. The number of benzene rings is 2. The molecule has 1 aromatic heterocycles. The standard InChI is InChI=1S/C23H21N3O2S2/c27-21(14-8-17-5-2-1-3-6-17)24-18-9-11-19(12-10-18)25-23(29)26-22(28)15-13-20-7-4-16-30-20/h1-7,9-13,15-16H,8,14H2,(H,24,27)(H2,25,26,28,29)/b15-13+. The van der Waals surface area contributed by atoms with Crippen LogP contribution in [-0.2, 0) is 16.0 Å². The number of aryl methyl sites for hydroxylation is 1. The summed E-state index contributed by atoms with van der Waals surface area (Å²) in [5, 5.41) is 10.6. The van der Waals surface area contributed by atoms with Gasteiger partial charge in [0.05, 0.1) is 0 Å². The minimum absolute atomic E-state index is 0.0418. The molecule has 0 aliphatic rings. The van der Waals surface area contributed by atoms with E-state index >= 15 is 0 Å². The number of carbonyl (C=O) groups is 2. The second-order valence-corrected chi connectivity index (χ2v) is 7.79. The minimum atomic E-state index is -0.303. The lowest BCUT2D eigenvalue weighted by atomic mass is 10.1. The molecule has 7 heteroatoms. The monoisotopic (exact) mass is 435 g/mol. The number of thiophene rings is 1. The van der Waals surface area contributed by atoms with Gasteiger partial charge in [0, 0.05) is 28.7 Å². The van der Waals surface area contributed by atoms with Crippen molar-refractivity contribution in [2.75, 3.05) is 10.6 Å². The summed E-state index contributed by atoms with van der Waals surface area (Å²) in [7, 11) is 0. The Hall–Kier alpha value is -3.29. The van der Waals surface area contributed by atoms with Crippen molar-refractivity contribution in [3.05, 3.63) is 88.6 Å². The van der Waals surface area contributed by atoms with Crippen LogP contribution in [0.15, 0.2) is 78.2 Å². The van der Waals surface area contributed by atoms with Gasteiger partial charge < -0.3 is 10.6 Å². The van der Waals surface area contributed by atoms with Crippen LogP contribution in [0.1, 0.15) is 16.9 Å². The first kappa shape index (κ1) is 21.4. The SMILES string of the molecule is O=C(/C=C/c1cccs1)NC(=S)Nc1ccc(NC(=O)CCc2ccccc2)cc1. The molecule has 0 atom stereocenters. The number of carbonyl (C=O) groups excluding carboxylic acids is 2. The Morgan fingerprint density at radius 2 is 1.60 bits per heavy atom. The van der Waals surface area contributed by atoms with Gasteiger partial charge in [0.1, 0.15) is 0 Å². The summed E-state index contributed by atoms with van der Waals surface area (Å²) >= 11 is 6.71. The summed E-state index contributed by atoms with van der Waals surface area (Å²) in [5.41, 5.74) is 2.55. The van der Waals surface area contributed by atoms with Crippen LogP contribution in [0.25, 0.3) is 6.08 Å². The number of nitrogens with one attached hydrogen (secondary N) is 3. The molecule has 152 valence electrons. The largest absolute Gasteiger partial charge is 0.332 e. The first-order chi connectivity index (χ1) is 14.6. The molecule has 0 aliphatic heterocycles. The number of hydrogen-bond donors (Lipinski definition) is 3. The molecule has 0 fully saturated rings. The Morgan fingerprint density at radius 3 is 2.27 bits per heavy atom. The molecule has 1 heterocycles.